The summed E-state index contributed by atoms with van der Waals surface area (Å²) < 4.78 is 39.8. The number of benzene rings is 1. The first-order chi connectivity index (χ1) is 15.4. The van der Waals surface area contributed by atoms with Gasteiger partial charge < -0.3 is 20.1 Å². The van der Waals surface area contributed by atoms with Crippen molar-refractivity contribution in [3.05, 3.63) is 71.3 Å². The number of aromatic nitrogens is 2. The molecule has 0 aliphatic rings. The second-order valence-electron chi connectivity index (χ2n) is 8.27. The summed E-state index contributed by atoms with van der Waals surface area (Å²) in [5.41, 5.74) is 1.84. The van der Waals surface area contributed by atoms with Gasteiger partial charge in [0.05, 0.1) is 33.8 Å². The molecule has 1 amide bonds. The van der Waals surface area contributed by atoms with Gasteiger partial charge >= 0.3 is 6.09 Å². The van der Waals surface area contributed by atoms with Gasteiger partial charge in [0.2, 0.25) is 0 Å². The molecule has 10 heteroatoms. The Morgan fingerprint density at radius 1 is 1.24 bits per heavy atom. The third kappa shape index (κ3) is 5.77. The SMILES string of the molecule is CC(C)(O)c1c(Cc2ccc(S(C)(=O)=O)cc2)c2ncccc2n1CC(F)=CCNC(=O)O. The predicted octanol–water partition coefficient (Wildman–Crippen LogP) is 3.38. The number of rotatable bonds is 8. The lowest BCUT2D eigenvalue weighted by atomic mass is 9.96. The molecular weight excluding hydrogens is 449 g/mol. The van der Waals surface area contributed by atoms with Crippen molar-refractivity contribution in [2.75, 3.05) is 12.8 Å². The van der Waals surface area contributed by atoms with Crippen LogP contribution in [0.4, 0.5) is 9.18 Å². The van der Waals surface area contributed by atoms with Crippen LogP contribution in [0.15, 0.2) is 59.4 Å². The molecule has 0 saturated carbocycles. The Labute approximate surface area is 191 Å². The molecule has 3 rings (SSSR count). The van der Waals surface area contributed by atoms with Crippen molar-refractivity contribution < 1.29 is 27.8 Å². The van der Waals surface area contributed by atoms with Crippen molar-refractivity contribution in [1.29, 1.82) is 0 Å². The summed E-state index contributed by atoms with van der Waals surface area (Å²) in [6, 6.07) is 9.95. The molecule has 3 N–H and O–H groups in total. The van der Waals surface area contributed by atoms with Gasteiger partial charge in [-0.1, -0.05) is 12.1 Å². The molecule has 1 aromatic carbocycles. The molecule has 33 heavy (non-hydrogen) atoms. The van der Waals surface area contributed by atoms with Crippen LogP contribution in [-0.2, 0) is 28.4 Å². The van der Waals surface area contributed by atoms with Gasteiger partial charge in [0, 0.05) is 31.0 Å². The fraction of sp³-hybridized carbons (Fsp3) is 0.304. The molecule has 0 spiro atoms. The summed E-state index contributed by atoms with van der Waals surface area (Å²) in [5, 5.41) is 21.7. The van der Waals surface area contributed by atoms with E-state index in [0.717, 1.165) is 17.9 Å². The number of carbonyl (C=O) groups is 1. The monoisotopic (exact) mass is 475 g/mol. The lowest BCUT2D eigenvalue weighted by molar-refractivity contribution is 0.0694. The molecule has 2 aromatic heterocycles. The highest BCUT2D eigenvalue weighted by Gasteiger charge is 2.29. The van der Waals surface area contributed by atoms with E-state index in [4.69, 9.17) is 5.11 Å². The first kappa shape index (κ1) is 24.4. The van der Waals surface area contributed by atoms with Crippen molar-refractivity contribution in [3.63, 3.8) is 0 Å². The lowest BCUT2D eigenvalue weighted by Gasteiger charge is -2.23. The number of halogens is 1. The molecule has 0 fully saturated rings. The molecular formula is C23H26FN3O5S. The van der Waals surface area contributed by atoms with Gasteiger partial charge in [-0.15, -0.1) is 0 Å². The Morgan fingerprint density at radius 2 is 1.91 bits per heavy atom. The molecule has 0 unspecified atom stereocenters. The number of allylic oxidation sites excluding steroid dienone is 1. The predicted molar refractivity (Wildman–Crippen MR) is 123 cm³/mol. The Bertz CT molecular complexity index is 1310. The minimum Gasteiger partial charge on any atom is -0.465 e. The van der Waals surface area contributed by atoms with E-state index in [9.17, 15) is 22.7 Å². The van der Waals surface area contributed by atoms with Crippen LogP contribution in [0.5, 0.6) is 0 Å². The maximum Gasteiger partial charge on any atom is 0.404 e. The van der Waals surface area contributed by atoms with Crippen LogP contribution in [0, 0.1) is 0 Å². The molecule has 0 saturated heterocycles. The summed E-state index contributed by atoms with van der Waals surface area (Å²) in [5.74, 6) is -0.570. The third-order valence-electron chi connectivity index (χ3n) is 5.12. The Hall–Kier alpha value is -3.24. The van der Waals surface area contributed by atoms with E-state index in [1.807, 2.05) is 0 Å². The Balaban J connectivity index is 2.09. The minimum atomic E-state index is -3.33. The van der Waals surface area contributed by atoms with Crippen LogP contribution in [0.2, 0.25) is 0 Å². The van der Waals surface area contributed by atoms with Crippen LogP contribution < -0.4 is 5.32 Å². The zero-order valence-electron chi connectivity index (χ0n) is 18.5. The van der Waals surface area contributed by atoms with E-state index >= 15 is 0 Å². The lowest BCUT2D eigenvalue weighted by Crippen LogP contribution is -2.23. The van der Waals surface area contributed by atoms with Crippen LogP contribution in [-0.4, -0.2) is 47.1 Å². The maximum atomic E-state index is 14.7. The second kappa shape index (κ2) is 9.32. The van der Waals surface area contributed by atoms with E-state index in [1.165, 1.54) is 12.1 Å². The number of hydrogen-bond donors (Lipinski definition) is 3. The fourth-order valence-electron chi connectivity index (χ4n) is 3.80. The van der Waals surface area contributed by atoms with Crippen LogP contribution in [0.3, 0.4) is 0 Å². The smallest absolute Gasteiger partial charge is 0.404 e. The number of nitrogens with zero attached hydrogens (tertiary/aromatic N) is 2. The number of carboxylic acid groups (broad SMARTS) is 1. The summed E-state index contributed by atoms with van der Waals surface area (Å²) in [4.78, 5) is 15.3. The highest BCUT2D eigenvalue weighted by atomic mass is 32.2. The Kier molecular flexibility index (Phi) is 6.89. The largest absolute Gasteiger partial charge is 0.465 e. The zero-order chi connectivity index (χ0) is 24.4. The second-order valence-corrected chi connectivity index (χ2v) is 10.3. The van der Waals surface area contributed by atoms with Gasteiger partial charge in [-0.05, 0) is 49.8 Å². The van der Waals surface area contributed by atoms with Crippen molar-refractivity contribution in [2.24, 2.45) is 0 Å². The van der Waals surface area contributed by atoms with Gasteiger partial charge in [-0.2, -0.15) is 0 Å². The van der Waals surface area contributed by atoms with E-state index in [1.54, 1.807) is 48.9 Å². The summed E-state index contributed by atoms with van der Waals surface area (Å²) in [6.07, 6.45) is 2.97. The van der Waals surface area contributed by atoms with Gasteiger partial charge in [-0.25, -0.2) is 17.6 Å². The molecule has 3 aromatic rings. The molecule has 0 aliphatic heterocycles. The number of fused-ring (bicyclic) bond motifs is 1. The fourth-order valence-corrected chi connectivity index (χ4v) is 4.43. The van der Waals surface area contributed by atoms with Crippen LogP contribution in [0.25, 0.3) is 11.0 Å². The number of aliphatic hydroxyl groups is 1. The van der Waals surface area contributed by atoms with E-state index in [0.29, 0.717) is 28.7 Å². The molecule has 0 aliphatic carbocycles. The van der Waals surface area contributed by atoms with Gasteiger partial charge in [0.15, 0.2) is 9.84 Å². The average Bonchev–Trinajstić information content (AvgIpc) is 3.01. The first-order valence-corrected chi connectivity index (χ1v) is 12.1. The maximum absolute atomic E-state index is 14.7. The topological polar surface area (TPSA) is 122 Å². The van der Waals surface area contributed by atoms with Gasteiger partial charge in [0.25, 0.3) is 0 Å². The van der Waals surface area contributed by atoms with E-state index in [2.05, 4.69) is 10.3 Å². The molecule has 2 heterocycles. The highest BCUT2D eigenvalue weighted by molar-refractivity contribution is 7.90. The summed E-state index contributed by atoms with van der Waals surface area (Å²) in [7, 11) is -3.33. The molecule has 0 bridgehead atoms. The van der Waals surface area contributed by atoms with Gasteiger partial charge in [-0.3, -0.25) is 4.98 Å². The van der Waals surface area contributed by atoms with E-state index < -0.39 is 27.4 Å². The van der Waals surface area contributed by atoms with Crippen LogP contribution in [0.1, 0.15) is 30.7 Å². The quantitative estimate of drug-likeness (QED) is 0.459. The number of sulfone groups is 1. The zero-order valence-corrected chi connectivity index (χ0v) is 19.4. The molecule has 176 valence electrons. The number of amides is 1. The highest BCUT2D eigenvalue weighted by Crippen LogP contribution is 2.34. The summed E-state index contributed by atoms with van der Waals surface area (Å²) in [6.45, 7) is 2.80. The van der Waals surface area contributed by atoms with Crippen molar-refractivity contribution >= 4 is 27.0 Å². The van der Waals surface area contributed by atoms with Crippen molar-refractivity contribution in [1.82, 2.24) is 14.9 Å². The number of pyridine rings is 1. The summed E-state index contributed by atoms with van der Waals surface area (Å²) >= 11 is 0. The van der Waals surface area contributed by atoms with Crippen molar-refractivity contribution in [3.8, 4) is 0 Å². The number of hydrogen-bond acceptors (Lipinski definition) is 5. The molecule has 0 radical (unpaired) electrons. The molecule has 8 nitrogen and oxygen atoms in total. The van der Waals surface area contributed by atoms with E-state index in [-0.39, 0.29) is 18.0 Å². The number of nitrogens with one attached hydrogen (secondary N) is 1. The van der Waals surface area contributed by atoms with Crippen molar-refractivity contribution in [2.45, 2.75) is 37.3 Å². The van der Waals surface area contributed by atoms with Crippen LogP contribution >= 0.6 is 0 Å². The molecule has 0 atom stereocenters. The van der Waals surface area contributed by atoms with Gasteiger partial charge in [0.1, 0.15) is 5.83 Å². The first-order valence-electron chi connectivity index (χ1n) is 10.2. The normalized spacial score (nSPS) is 12.8. The third-order valence-corrected chi connectivity index (χ3v) is 6.25. The minimum absolute atomic E-state index is 0.185. The average molecular weight is 476 g/mol. The Morgan fingerprint density at radius 3 is 2.48 bits per heavy atom. The standard InChI is InChI=1S/C23H26FN3O5S/c1-23(2,30)21-18(13-15-6-8-17(9-7-15)33(3,31)32)20-19(5-4-11-25-20)27(21)14-16(24)10-12-26-22(28)29/h4-11,26,30H,12-14H2,1-3H3,(H,28,29).